The van der Waals surface area contributed by atoms with Crippen LogP contribution in [0, 0.1) is 5.92 Å². The van der Waals surface area contributed by atoms with Crippen molar-refractivity contribution >= 4 is 0 Å². The SMILES string of the molecule is COCCOC[C@H]1CCN(CC(F)F)C1. The maximum atomic E-state index is 12.1. The minimum absolute atomic E-state index is 0.103. The molecule has 0 spiro atoms. The van der Waals surface area contributed by atoms with Crippen LogP contribution >= 0.6 is 0 Å². The third-order valence-electron chi connectivity index (χ3n) is 2.55. The molecule has 15 heavy (non-hydrogen) atoms. The first-order valence-corrected chi connectivity index (χ1v) is 5.29. The quantitative estimate of drug-likeness (QED) is 0.606. The minimum atomic E-state index is -2.22. The molecular weight excluding hydrogens is 204 g/mol. The highest BCUT2D eigenvalue weighted by Gasteiger charge is 2.24. The van der Waals surface area contributed by atoms with E-state index in [0.29, 0.717) is 25.7 Å². The lowest BCUT2D eigenvalue weighted by Gasteiger charge is -2.15. The molecule has 90 valence electrons. The summed E-state index contributed by atoms with van der Waals surface area (Å²) in [5.74, 6) is 0.403. The number of nitrogens with zero attached hydrogens (tertiary/aromatic N) is 1. The topological polar surface area (TPSA) is 21.7 Å². The van der Waals surface area contributed by atoms with E-state index in [2.05, 4.69) is 0 Å². The van der Waals surface area contributed by atoms with Gasteiger partial charge in [0, 0.05) is 13.7 Å². The third kappa shape index (κ3) is 5.39. The van der Waals surface area contributed by atoms with Crippen molar-refractivity contribution in [3.63, 3.8) is 0 Å². The van der Waals surface area contributed by atoms with Gasteiger partial charge in [-0.25, -0.2) is 8.78 Å². The van der Waals surface area contributed by atoms with Crippen molar-refractivity contribution in [1.82, 2.24) is 4.90 Å². The summed E-state index contributed by atoms with van der Waals surface area (Å²) in [6.45, 7) is 3.23. The van der Waals surface area contributed by atoms with Crippen LogP contribution in [0.5, 0.6) is 0 Å². The van der Waals surface area contributed by atoms with E-state index in [1.54, 1.807) is 12.0 Å². The fourth-order valence-corrected chi connectivity index (χ4v) is 1.80. The second-order valence-electron chi connectivity index (χ2n) is 3.87. The first-order chi connectivity index (χ1) is 7.22. The van der Waals surface area contributed by atoms with Crippen LogP contribution in [0.15, 0.2) is 0 Å². The molecule has 0 aromatic rings. The fourth-order valence-electron chi connectivity index (χ4n) is 1.80. The van der Waals surface area contributed by atoms with Gasteiger partial charge in [-0.15, -0.1) is 0 Å². The van der Waals surface area contributed by atoms with Crippen LogP contribution < -0.4 is 0 Å². The predicted octanol–water partition coefficient (Wildman–Crippen LogP) is 1.24. The molecule has 1 saturated heterocycles. The number of rotatable bonds is 7. The maximum Gasteiger partial charge on any atom is 0.251 e. The zero-order valence-corrected chi connectivity index (χ0v) is 9.12. The van der Waals surface area contributed by atoms with E-state index in [4.69, 9.17) is 9.47 Å². The van der Waals surface area contributed by atoms with Crippen molar-refractivity contribution in [2.24, 2.45) is 5.92 Å². The number of alkyl halides is 2. The number of methoxy groups -OCH3 is 1. The molecule has 0 amide bonds. The Morgan fingerprint density at radius 3 is 2.87 bits per heavy atom. The molecule has 1 aliphatic rings. The van der Waals surface area contributed by atoms with Crippen LogP contribution in [0.25, 0.3) is 0 Å². The lowest BCUT2D eigenvalue weighted by molar-refractivity contribution is 0.0499. The summed E-state index contributed by atoms with van der Waals surface area (Å²) >= 11 is 0. The van der Waals surface area contributed by atoms with Gasteiger partial charge in [-0.3, -0.25) is 4.90 Å². The summed E-state index contributed by atoms with van der Waals surface area (Å²) in [4.78, 5) is 1.80. The van der Waals surface area contributed by atoms with Gasteiger partial charge in [-0.05, 0) is 18.9 Å². The molecule has 0 bridgehead atoms. The first kappa shape index (κ1) is 12.8. The molecule has 0 aromatic carbocycles. The third-order valence-corrected chi connectivity index (χ3v) is 2.55. The highest BCUT2D eigenvalue weighted by atomic mass is 19.3. The van der Waals surface area contributed by atoms with Crippen LogP contribution in [0.2, 0.25) is 0 Å². The van der Waals surface area contributed by atoms with E-state index >= 15 is 0 Å². The van der Waals surface area contributed by atoms with Crippen molar-refractivity contribution < 1.29 is 18.3 Å². The molecule has 5 heteroatoms. The average Bonchev–Trinajstić information content (AvgIpc) is 2.59. The number of hydrogen-bond donors (Lipinski definition) is 0. The summed E-state index contributed by atoms with van der Waals surface area (Å²) < 4.78 is 34.4. The molecule has 1 atom stereocenters. The Bertz CT molecular complexity index is 170. The molecule has 3 nitrogen and oxygen atoms in total. The Kier molecular flexibility index (Phi) is 6.05. The van der Waals surface area contributed by atoms with E-state index in [9.17, 15) is 8.78 Å². The Labute approximate surface area is 89.3 Å². The Balaban J connectivity index is 2.03. The number of halogens is 2. The largest absolute Gasteiger partial charge is 0.382 e. The highest BCUT2D eigenvalue weighted by molar-refractivity contribution is 4.75. The van der Waals surface area contributed by atoms with Gasteiger partial charge in [0.25, 0.3) is 6.43 Å². The molecule has 0 aromatic heterocycles. The highest BCUT2D eigenvalue weighted by Crippen LogP contribution is 2.17. The van der Waals surface area contributed by atoms with Gasteiger partial charge >= 0.3 is 0 Å². The Morgan fingerprint density at radius 1 is 1.40 bits per heavy atom. The van der Waals surface area contributed by atoms with E-state index < -0.39 is 6.43 Å². The van der Waals surface area contributed by atoms with E-state index in [-0.39, 0.29) is 6.54 Å². The fraction of sp³-hybridized carbons (Fsp3) is 1.00. The van der Waals surface area contributed by atoms with E-state index in [1.165, 1.54) is 0 Å². The molecule has 1 heterocycles. The van der Waals surface area contributed by atoms with Crippen LogP contribution in [0.3, 0.4) is 0 Å². The molecule has 1 rings (SSSR count). The molecule has 1 fully saturated rings. The molecule has 0 N–H and O–H groups in total. The van der Waals surface area contributed by atoms with Crippen LogP contribution in [0.1, 0.15) is 6.42 Å². The number of likely N-dealkylation sites (tertiary alicyclic amines) is 1. The molecule has 0 unspecified atom stereocenters. The van der Waals surface area contributed by atoms with Crippen molar-refractivity contribution in [2.75, 3.05) is 46.6 Å². The first-order valence-electron chi connectivity index (χ1n) is 5.29. The summed E-state index contributed by atoms with van der Waals surface area (Å²) in [5.41, 5.74) is 0. The van der Waals surface area contributed by atoms with E-state index in [1.807, 2.05) is 0 Å². The lowest BCUT2D eigenvalue weighted by atomic mass is 10.1. The van der Waals surface area contributed by atoms with E-state index in [0.717, 1.165) is 19.5 Å². The molecule has 0 aliphatic carbocycles. The van der Waals surface area contributed by atoms with Crippen molar-refractivity contribution in [1.29, 1.82) is 0 Å². The number of hydrogen-bond acceptors (Lipinski definition) is 3. The van der Waals surface area contributed by atoms with Crippen LogP contribution in [-0.2, 0) is 9.47 Å². The predicted molar refractivity (Wildman–Crippen MR) is 53.2 cm³/mol. The van der Waals surface area contributed by atoms with Gasteiger partial charge in [-0.2, -0.15) is 0 Å². The second-order valence-corrected chi connectivity index (χ2v) is 3.87. The summed E-state index contributed by atoms with van der Waals surface area (Å²) in [6.07, 6.45) is -1.27. The average molecular weight is 223 g/mol. The van der Waals surface area contributed by atoms with Gasteiger partial charge < -0.3 is 9.47 Å². The maximum absolute atomic E-state index is 12.1. The standard InChI is InChI=1S/C10H19F2NO2/c1-14-4-5-15-8-9-2-3-13(6-9)7-10(11)12/h9-10H,2-8H2,1H3/t9-/m0/s1. The second kappa shape index (κ2) is 7.09. The van der Waals surface area contributed by atoms with Crippen molar-refractivity contribution in [3.8, 4) is 0 Å². The molecule has 0 radical (unpaired) electrons. The smallest absolute Gasteiger partial charge is 0.251 e. The van der Waals surface area contributed by atoms with Gasteiger partial charge in [0.15, 0.2) is 0 Å². The molecule has 1 aliphatic heterocycles. The molecular formula is C10H19F2NO2. The number of ether oxygens (including phenoxy) is 2. The molecule has 0 saturated carbocycles. The van der Waals surface area contributed by atoms with Gasteiger partial charge in [0.2, 0.25) is 0 Å². The summed E-state index contributed by atoms with van der Waals surface area (Å²) in [5, 5.41) is 0. The van der Waals surface area contributed by atoms with Crippen LogP contribution in [-0.4, -0.2) is 57.9 Å². The van der Waals surface area contributed by atoms with Gasteiger partial charge in [0.05, 0.1) is 26.4 Å². The van der Waals surface area contributed by atoms with Crippen LogP contribution in [0.4, 0.5) is 8.78 Å². The monoisotopic (exact) mass is 223 g/mol. The normalized spacial score (nSPS) is 22.8. The van der Waals surface area contributed by atoms with Gasteiger partial charge in [0.1, 0.15) is 0 Å². The Hall–Kier alpha value is -0.260. The van der Waals surface area contributed by atoms with Gasteiger partial charge in [-0.1, -0.05) is 0 Å². The summed E-state index contributed by atoms with van der Waals surface area (Å²) in [7, 11) is 1.63. The zero-order valence-electron chi connectivity index (χ0n) is 9.12. The Morgan fingerprint density at radius 2 is 2.20 bits per heavy atom. The van der Waals surface area contributed by atoms with Crippen molar-refractivity contribution in [2.45, 2.75) is 12.8 Å². The lowest BCUT2D eigenvalue weighted by Crippen LogP contribution is -2.27. The summed E-state index contributed by atoms with van der Waals surface area (Å²) in [6, 6.07) is 0. The minimum Gasteiger partial charge on any atom is -0.382 e. The van der Waals surface area contributed by atoms with Crippen molar-refractivity contribution in [3.05, 3.63) is 0 Å². The zero-order chi connectivity index (χ0) is 11.1.